The van der Waals surface area contributed by atoms with Crippen molar-refractivity contribution in [3.8, 4) is 0 Å². The van der Waals surface area contributed by atoms with E-state index < -0.39 is 28.5 Å². The molecule has 0 aliphatic carbocycles. The molecule has 1 atom stereocenters. The Kier molecular flexibility index (Phi) is 9.28. The highest BCUT2D eigenvalue weighted by molar-refractivity contribution is 9.10. The van der Waals surface area contributed by atoms with Crippen LogP contribution in [0.2, 0.25) is 0 Å². The number of carbonyl (C=O) groups excluding carboxylic acids is 2. The van der Waals surface area contributed by atoms with Crippen LogP contribution in [-0.4, -0.2) is 44.8 Å². The van der Waals surface area contributed by atoms with Gasteiger partial charge in [0.2, 0.25) is 11.8 Å². The Morgan fingerprint density at radius 2 is 1.64 bits per heavy atom. The summed E-state index contributed by atoms with van der Waals surface area (Å²) in [5.41, 5.74) is 2.26. The molecule has 3 aromatic rings. The topological polar surface area (TPSA) is 86.8 Å². The molecule has 36 heavy (non-hydrogen) atoms. The van der Waals surface area contributed by atoms with E-state index in [0.29, 0.717) is 16.6 Å². The lowest BCUT2D eigenvalue weighted by molar-refractivity contribution is -0.140. The number of amides is 2. The number of halogens is 1. The van der Waals surface area contributed by atoms with E-state index in [-0.39, 0.29) is 17.3 Å². The fourth-order valence-corrected chi connectivity index (χ4v) is 5.67. The fraction of sp³-hybridized carbons (Fsp3) is 0.259. The summed E-state index contributed by atoms with van der Waals surface area (Å²) in [6, 6.07) is 21.7. The maximum atomic E-state index is 13.8. The first kappa shape index (κ1) is 27.4. The van der Waals surface area contributed by atoms with Gasteiger partial charge in [0.15, 0.2) is 0 Å². The first-order valence-corrected chi connectivity index (χ1v) is 13.8. The monoisotopic (exact) mass is 571 g/mol. The van der Waals surface area contributed by atoms with Crippen LogP contribution in [0.1, 0.15) is 24.5 Å². The lowest BCUT2D eigenvalue weighted by atomic mass is 10.1. The molecule has 0 radical (unpaired) electrons. The molecule has 190 valence electrons. The van der Waals surface area contributed by atoms with Crippen molar-refractivity contribution < 1.29 is 18.0 Å². The second kappa shape index (κ2) is 12.2. The molecule has 0 saturated carbocycles. The molecular weight excluding hydrogens is 542 g/mol. The zero-order valence-electron chi connectivity index (χ0n) is 20.5. The number of carbonyl (C=O) groups is 2. The summed E-state index contributed by atoms with van der Waals surface area (Å²) in [6.45, 7) is 3.49. The SMILES string of the molecule is CCC(C(=O)NC)N(Cc1ccc(C)cc1)C(=O)CN(c1cccc(Br)c1)S(=O)(=O)c1ccccc1. The number of sulfonamides is 1. The van der Waals surface area contributed by atoms with Crippen molar-refractivity contribution in [3.63, 3.8) is 0 Å². The van der Waals surface area contributed by atoms with Gasteiger partial charge in [0.25, 0.3) is 10.0 Å². The van der Waals surface area contributed by atoms with Gasteiger partial charge < -0.3 is 10.2 Å². The normalized spacial score (nSPS) is 12.0. The maximum absolute atomic E-state index is 13.8. The molecule has 0 spiro atoms. The van der Waals surface area contributed by atoms with E-state index in [2.05, 4.69) is 21.2 Å². The molecule has 1 unspecified atom stereocenters. The highest BCUT2D eigenvalue weighted by Crippen LogP contribution is 2.27. The lowest BCUT2D eigenvalue weighted by Gasteiger charge is -2.33. The molecule has 2 amide bonds. The van der Waals surface area contributed by atoms with Gasteiger partial charge in [-0.25, -0.2) is 8.42 Å². The van der Waals surface area contributed by atoms with Crippen LogP contribution in [0, 0.1) is 6.92 Å². The van der Waals surface area contributed by atoms with Crippen molar-refractivity contribution >= 4 is 43.5 Å². The first-order chi connectivity index (χ1) is 17.2. The molecule has 0 aromatic heterocycles. The van der Waals surface area contributed by atoms with Crippen LogP contribution >= 0.6 is 15.9 Å². The van der Waals surface area contributed by atoms with Crippen LogP contribution in [0.25, 0.3) is 0 Å². The first-order valence-electron chi connectivity index (χ1n) is 11.6. The van der Waals surface area contributed by atoms with E-state index in [0.717, 1.165) is 15.4 Å². The number of anilines is 1. The summed E-state index contributed by atoms with van der Waals surface area (Å²) >= 11 is 3.39. The van der Waals surface area contributed by atoms with Crippen molar-refractivity contribution in [1.82, 2.24) is 10.2 Å². The predicted molar refractivity (Wildman–Crippen MR) is 145 cm³/mol. The van der Waals surface area contributed by atoms with Gasteiger partial charge in [0.05, 0.1) is 10.6 Å². The molecule has 0 aliphatic heterocycles. The van der Waals surface area contributed by atoms with Gasteiger partial charge in [-0.05, 0) is 49.2 Å². The summed E-state index contributed by atoms with van der Waals surface area (Å²) < 4.78 is 29.1. The number of nitrogens with zero attached hydrogens (tertiary/aromatic N) is 2. The average Bonchev–Trinajstić information content (AvgIpc) is 2.88. The zero-order valence-corrected chi connectivity index (χ0v) is 22.9. The molecule has 9 heteroatoms. The Labute approximate surface area is 221 Å². The standard InChI is InChI=1S/C27H30BrN3O4S/c1-4-25(27(33)29-3)30(18-21-15-13-20(2)14-16-21)26(32)19-31(23-10-8-9-22(28)17-23)36(34,35)24-11-6-5-7-12-24/h5-17,25H,4,18-19H2,1-3H3,(H,29,33). The lowest BCUT2D eigenvalue weighted by Crippen LogP contribution is -2.51. The summed E-state index contributed by atoms with van der Waals surface area (Å²) in [4.78, 5) is 28.0. The molecule has 0 fully saturated rings. The van der Waals surface area contributed by atoms with Gasteiger partial charge in [0.1, 0.15) is 12.6 Å². The third-order valence-corrected chi connectivity index (χ3v) is 8.09. The highest BCUT2D eigenvalue weighted by atomic mass is 79.9. The summed E-state index contributed by atoms with van der Waals surface area (Å²) in [7, 11) is -2.55. The van der Waals surface area contributed by atoms with Crippen molar-refractivity contribution in [2.24, 2.45) is 0 Å². The minimum absolute atomic E-state index is 0.0706. The second-order valence-electron chi connectivity index (χ2n) is 8.35. The molecule has 0 bridgehead atoms. The van der Waals surface area contributed by atoms with E-state index >= 15 is 0 Å². The van der Waals surface area contributed by atoms with Crippen LogP contribution in [0.5, 0.6) is 0 Å². The molecule has 7 nitrogen and oxygen atoms in total. The Balaban J connectivity index is 2.04. The van der Waals surface area contributed by atoms with E-state index in [1.807, 2.05) is 38.1 Å². The van der Waals surface area contributed by atoms with Gasteiger partial charge in [-0.1, -0.05) is 76.9 Å². The van der Waals surface area contributed by atoms with Gasteiger partial charge in [-0.3, -0.25) is 13.9 Å². The quantitative estimate of drug-likeness (QED) is 0.388. The molecule has 0 aliphatic rings. The minimum atomic E-state index is -4.07. The van der Waals surface area contributed by atoms with Crippen molar-refractivity contribution in [2.45, 2.75) is 37.8 Å². The van der Waals surface area contributed by atoms with Crippen LogP contribution < -0.4 is 9.62 Å². The van der Waals surface area contributed by atoms with Crippen LogP contribution in [0.15, 0.2) is 88.2 Å². The van der Waals surface area contributed by atoms with Gasteiger partial charge in [-0.15, -0.1) is 0 Å². The second-order valence-corrected chi connectivity index (χ2v) is 11.1. The number of hydrogen-bond acceptors (Lipinski definition) is 4. The van der Waals surface area contributed by atoms with E-state index in [1.165, 1.54) is 24.1 Å². The van der Waals surface area contributed by atoms with E-state index in [1.54, 1.807) is 42.5 Å². The van der Waals surface area contributed by atoms with Crippen molar-refractivity contribution in [2.75, 3.05) is 17.9 Å². The summed E-state index contributed by atoms with van der Waals surface area (Å²) in [6.07, 6.45) is 0.375. The average molecular weight is 573 g/mol. The number of rotatable bonds is 10. The van der Waals surface area contributed by atoms with Crippen molar-refractivity contribution in [3.05, 3.63) is 94.5 Å². The Hall–Kier alpha value is -3.17. The number of hydrogen-bond donors (Lipinski definition) is 1. The maximum Gasteiger partial charge on any atom is 0.264 e. The summed E-state index contributed by atoms with van der Waals surface area (Å²) in [5.74, 6) is -0.789. The highest BCUT2D eigenvalue weighted by Gasteiger charge is 2.33. The minimum Gasteiger partial charge on any atom is -0.357 e. The van der Waals surface area contributed by atoms with Crippen LogP contribution in [0.4, 0.5) is 5.69 Å². The Bertz CT molecular complexity index is 1300. The Morgan fingerprint density at radius 1 is 0.972 bits per heavy atom. The predicted octanol–water partition coefficient (Wildman–Crippen LogP) is 4.51. The number of nitrogens with one attached hydrogen (secondary N) is 1. The molecule has 3 aromatic carbocycles. The number of aryl methyl sites for hydroxylation is 1. The largest absolute Gasteiger partial charge is 0.357 e. The van der Waals surface area contributed by atoms with E-state index in [4.69, 9.17) is 0 Å². The number of likely N-dealkylation sites (N-methyl/N-ethyl adjacent to an activating group) is 1. The third kappa shape index (κ3) is 6.53. The van der Waals surface area contributed by atoms with Gasteiger partial charge in [0, 0.05) is 18.1 Å². The molecule has 0 heterocycles. The molecule has 3 rings (SSSR count). The molecular formula is C27H30BrN3O4S. The smallest absolute Gasteiger partial charge is 0.264 e. The van der Waals surface area contributed by atoms with Crippen molar-refractivity contribution in [1.29, 1.82) is 0 Å². The van der Waals surface area contributed by atoms with Gasteiger partial charge in [-0.2, -0.15) is 0 Å². The van der Waals surface area contributed by atoms with Crippen LogP contribution in [-0.2, 0) is 26.2 Å². The van der Waals surface area contributed by atoms with Gasteiger partial charge >= 0.3 is 0 Å². The Morgan fingerprint density at radius 3 is 2.22 bits per heavy atom. The third-order valence-electron chi connectivity index (χ3n) is 5.81. The van der Waals surface area contributed by atoms with Crippen LogP contribution in [0.3, 0.4) is 0 Å². The zero-order chi connectivity index (χ0) is 26.3. The molecule has 1 N–H and O–H groups in total. The summed E-state index contributed by atoms with van der Waals surface area (Å²) in [5, 5.41) is 2.62. The fourth-order valence-electron chi connectivity index (χ4n) is 3.86. The van der Waals surface area contributed by atoms with E-state index in [9.17, 15) is 18.0 Å². The molecule has 0 saturated heterocycles. The number of benzene rings is 3.